The monoisotopic (exact) mass is 266 g/mol. The molecule has 0 heterocycles. The van der Waals surface area contributed by atoms with Crippen LogP contribution in [0.2, 0.25) is 0 Å². The lowest BCUT2D eigenvalue weighted by molar-refractivity contribution is -0.123. The van der Waals surface area contributed by atoms with Crippen LogP contribution in [0.15, 0.2) is 24.3 Å². The standard InChI is InChI=1S/C14H22N2O3/c1-3-18-12-6-4-5-7-13(12)19-10-14(17)16-9-11(2)8-15/h4-7,11H,3,8-10,15H2,1-2H3,(H,16,17). The Hall–Kier alpha value is -1.75. The summed E-state index contributed by atoms with van der Waals surface area (Å²) in [7, 11) is 0. The molecule has 0 aliphatic rings. The van der Waals surface area contributed by atoms with Gasteiger partial charge in [-0.3, -0.25) is 4.79 Å². The minimum Gasteiger partial charge on any atom is -0.490 e. The van der Waals surface area contributed by atoms with E-state index in [0.717, 1.165) is 0 Å². The minimum absolute atomic E-state index is 0.0264. The van der Waals surface area contributed by atoms with Crippen molar-refractivity contribution in [1.29, 1.82) is 0 Å². The molecular formula is C14H22N2O3. The number of para-hydroxylation sites is 2. The third-order valence-electron chi connectivity index (χ3n) is 2.56. The van der Waals surface area contributed by atoms with Crippen molar-refractivity contribution in [3.8, 4) is 11.5 Å². The molecule has 0 aliphatic heterocycles. The smallest absolute Gasteiger partial charge is 0.257 e. The van der Waals surface area contributed by atoms with Crippen LogP contribution in [0.25, 0.3) is 0 Å². The first kappa shape index (κ1) is 15.3. The maximum absolute atomic E-state index is 11.6. The summed E-state index contributed by atoms with van der Waals surface area (Å²) in [6.45, 7) is 5.52. The van der Waals surface area contributed by atoms with Gasteiger partial charge in [0.05, 0.1) is 6.61 Å². The van der Waals surface area contributed by atoms with Gasteiger partial charge in [-0.25, -0.2) is 0 Å². The second kappa shape index (κ2) is 8.37. The van der Waals surface area contributed by atoms with E-state index in [1.54, 1.807) is 6.07 Å². The van der Waals surface area contributed by atoms with E-state index in [1.165, 1.54) is 0 Å². The molecule has 0 bridgehead atoms. The third-order valence-corrected chi connectivity index (χ3v) is 2.56. The van der Waals surface area contributed by atoms with Gasteiger partial charge in [-0.1, -0.05) is 19.1 Å². The van der Waals surface area contributed by atoms with Gasteiger partial charge in [0, 0.05) is 6.54 Å². The molecule has 1 atom stereocenters. The zero-order valence-electron chi connectivity index (χ0n) is 11.5. The molecule has 5 nitrogen and oxygen atoms in total. The van der Waals surface area contributed by atoms with Crippen LogP contribution in [-0.4, -0.2) is 32.2 Å². The summed E-state index contributed by atoms with van der Waals surface area (Å²) < 4.78 is 10.9. The Bertz CT molecular complexity index is 396. The number of nitrogens with two attached hydrogens (primary N) is 1. The van der Waals surface area contributed by atoms with Crippen LogP contribution in [0, 0.1) is 5.92 Å². The lowest BCUT2D eigenvalue weighted by atomic mass is 10.2. The van der Waals surface area contributed by atoms with Crippen molar-refractivity contribution in [2.24, 2.45) is 11.7 Å². The quantitative estimate of drug-likeness (QED) is 0.741. The van der Waals surface area contributed by atoms with Gasteiger partial charge in [0.15, 0.2) is 18.1 Å². The molecule has 1 amide bonds. The van der Waals surface area contributed by atoms with Crippen LogP contribution >= 0.6 is 0 Å². The molecule has 1 aromatic rings. The van der Waals surface area contributed by atoms with Crippen molar-refractivity contribution in [2.45, 2.75) is 13.8 Å². The Balaban J connectivity index is 2.41. The molecule has 0 aliphatic carbocycles. The highest BCUT2D eigenvalue weighted by molar-refractivity contribution is 5.77. The van der Waals surface area contributed by atoms with Crippen LogP contribution in [-0.2, 0) is 4.79 Å². The number of hydrogen-bond acceptors (Lipinski definition) is 4. The zero-order valence-corrected chi connectivity index (χ0v) is 11.5. The average molecular weight is 266 g/mol. The second-order valence-electron chi connectivity index (χ2n) is 4.31. The SMILES string of the molecule is CCOc1ccccc1OCC(=O)NCC(C)CN. The molecule has 0 spiro atoms. The topological polar surface area (TPSA) is 73.6 Å². The predicted octanol–water partition coefficient (Wildman–Crippen LogP) is 1.18. The van der Waals surface area contributed by atoms with Crippen LogP contribution < -0.4 is 20.5 Å². The Morgan fingerprint density at radius 2 is 1.95 bits per heavy atom. The van der Waals surface area contributed by atoms with Crippen LogP contribution in [0.3, 0.4) is 0 Å². The number of carbonyl (C=O) groups excluding carboxylic acids is 1. The van der Waals surface area contributed by atoms with Crippen LogP contribution in [0.5, 0.6) is 11.5 Å². The Morgan fingerprint density at radius 3 is 2.53 bits per heavy atom. The van der Waals surface area contributed by atoms with E-state index in [-0.39, 0.29) is 18.4 Å². The first-order valence-electron chi connectivity index (χ1n) is 6.48. The van der Waals surface area contributed by atoms with E-state index >= 15 is 0 Å². The summed E-state index contributed by atoms with van der Waals surface area (Å²) in [6.07, 6.45) is 0. The molecule has 5 heteroatoms. The molecule has 0 saturated heterocycles. The summed E-state index contributed by atoms with van der Waals surface area (Å²) in [5, 5.41) is 2.77. The molecule has 0 fully saturated rings. The van der Waals surface area contributed by atoms with E-state index in [1.807, 2.05) is 32.0 Å². The molecule has 1 aromatic carbocycles. The van der Waals surface area contributed by atoms with Gasteiger partial charge in [-0.05, 0) is 31.5 Å². The number of rotatable bonds is 8. The largest absolute Gasteiger partial charge is 0.490 e. The molecule has 0 aromatic heterocycles. The van der Waals surface area contributed by atoms with Crippen molar-refractivity contribution >= 4 is 5.91 Å². The second-order valence-corrected chi connectivity index (χ2v) is 4.31. The van der Waals surface area contributed by atoms with Crippen LogP contribution in [0.4, 0.5) is 0 Å². The fourth-order valence-electron chi connectivity index (χ4n) is 1.41. The van der Waals surface area contributed by atoms with E-state index in [2.05, 4.69) is 5.32 Å². The normalized spacial score (nSPS) is 11.7. The first-order chi connectivity index (χ1) is 9.17. The number of ether oxygens (including phenoxy) is 2. The van der Waals surface area contributed by atoms with E-state index < -0.39 is 0 Å². The van der Waals surface area contributed by atoms with E-state index in [4.69, 9.17) is 15.2 Å². The van der Waals surface area contributed by atoms with Gasteiger partial charge >= 0.3 is 0 Å². The Kier molecular flexibility index (Phi) is 6.74. The molecule has 3 N–H and O–H groups in total. The molecular weight excluding hydrogens is 244 g/mol. The van der Waals surface area contributed by atoms with Gasteiger partial charge in [-0.2, -0.15) is 0 Å². The summed E-state index contributed by atoms with van der Waals surface area (Å²) in [5.41, 5.74) is 5.48. The highest BCUT2D eigenvalue weighted by Crippen LogP contribution is 2.26. The number of benzene rings is 1. The predicted molar refractivity (Wildman–Crippen MR) is 74.3 cm³/mol. The van der Waals surface area contributed by atoms with Crippen molar-refractivity contribution < 1.29 is 14.3 Å². The van der Waals surface area contributed by atoms with Gasteiger partial charge in [-0.15, -0.1) is 0 Å². The van der Waals surface area contributed by atoms with Crippen molar-refractivity contribution in [2.75, 3.05) is 26.3 Å². The molecule has 106 valence electrons. The van der Waals surface area contributed by atoms with Gasteiger partial charge < -0.3 is 20.5 Å². The molecule has 1 unspecified atom stereocenters. The average Bonchev–Trinajstić information content (AvgIpc) is 2.44. The number of amides is 1. The van der Waals surface area contributed by atoms with E-state index in [0.29, 0.717) is 31.2 Å². The lowest BCUT2D eigenvalue weighted by Gasteiger charge is -2.13. The van der Waals surface area contributed by atoms with Crippen LogP contribution in [0.1, 0.15) is 13.8 Å². The minimum atomic E-state index is -0.161. The zero-order chi connectivity index (χ0) is 14.1. The van der Waals surface area contributed by atoms with Crippen molar-refractivity contribution in [3.05, 3.63) is 24.3 Å². The van der Waals surface area contributed by atoms with Crippen molar-refractivity contribution in [3.63, 3.8) is 0 Å². The van der Waals surface area contributed by atoms with Crippen molar-refractivity contribution in [1.82, 2.24) is 5.32 Å². The summed E-state index contributed by atoms with van der Waals surface area (Å²) >= 11 is 0. The fourth-order valence-corrected chi connectivity index (χ4v) is 1.41. The Morgan fingerprint density at radius 1 is 1.32 bits per heavy atom. The highest BCUT2D eigenvalue weighted by Gasteiger charge is 2.08. The summed E-state index contributed by atoms with van der Waals surface area (Å²) in [6, 6.07) is 7.29. The molecule has 19 heavy (non-hydrogen) atoms. The Labute approximate surface area is 114 Å². The highest BCUT2D eigenvalue weighted by atomic mass is 16.5. The number of carbonyl (C=O) groups is 1. The maximum Gasteiger partial charge on any atom is 0.257 e. The third kappa shape index (κ3) is 5.61. The molecule has 1 rings (SSSR count). The molecule has 0 saturated carbocycles. The van der Waals surface area contributed by atoms with Gasteiger partial charge in [0.1, 0.15) is 0 Å². The summed E-state index contributed by atoms with van der Waals surface area (Å²) in [5.74, 6) is 1.32. The number of hydrogen-bond donors (Lipinski definition) is 2. The van der Waals surface area contributed by atoms with Gasteiger partial charge in [0.2, 0.25) is 0 Å². The number of nitrogens with one attached hydrogen (secondary N) is 1. The lowest BCUT2D eigenvalue weighted by Crippen LogP contribution is -2.34. The summed E-state index contributed by atoms with van der Waals surface area (Å²) in [4.78, 5) is 11.6. The maximum atomic E-state index is 11.6. The fraction of sp³-hybridized carbons (Fsp3) is 0.500. The first-order valence-corrected chi connectivity index (χ1v) is 6.48. The molecule has 0 radical (unpaired) electrons. The van der Waals surface area contributed by atoms with Gasteiger partial charge in [0.25, 0.3) is 5.91 Å². The van der Waals surface area contributed by atoms with E-state index in [9.17, 15) is 4.79 Å².